The van der Waals surface area contributed by atoms with Crippen LogP contribution < -0.4 is 10.5 Å². The summed E-state index contributed by atoms with van der Waals surface area (Å²) in [6, 6.07) is 9.95. The maximum absolute atomic E-state index is 12.3. The number of nitrogen functional groups attached to an aromatic ring is 1. The molecule has 0 aromatic heterocycles. The van der Waals surface area contributed by atoms with Crippen LogP contribution in [0.3, 0.4) is 0 Å². The molecule has 0 aliphatic rings. The molecule has 0 atom stereocenters. The number of anilines is 2. The summed E-state index contributed by atoms with van der Waals surface area (Å²) in [5.41, 5.74) is 7.36. The quantitative estimate of drug-likeness (QED) is 0.586. The highest BCUT2D eigenvalue weighted by Gasteiger charge is 2.19. The summed E-state index contributed by atoms with van der Waals surface area (Å²) in [6.45, 7) is 1.77. The molecule has 0 fully saturated rings. The Bertz CT molecular complexity index is 763. The molecule has 0 radical (unpaired) electrons. The molecule has 0 spiro atoms. The van der Waals surface area contributed by atoms with Gasteiger partial charge in [-0.1, -0.05) is 17.7 Å². The van der Waals surface area contributed by atoms with Crippen molar-refractivity contribution >= 4 is 55.6 Å². The summed E-state index contributed by atoms with van der Waals surface area (Å²) in [5.74, 6) is 0. The third-order valence-corrected chi connectivity index (χ3v) is 5.20. The minimum absolute atomic E-state index is 0.0267. The molecule has 2 aromatic rings. The Morgan fingerprint density at radius 1 is 1.25 bits per heavy atom. The first-order valence-corrected chi connectivity index (χ1v) is 8.57. The molecule has 0 aliphatic carbocycles. The van der Waals surface area contributed by atoms with Crippen LogP contribution in [0.4, 0.5) is 11.4 Å². The molecule has 0 aliphatic heterocycles. The van der Waals surface area contributed by atoms with Gasteiger partial charge in [-0.25, -0.2) is 8.42 Å². The Hall–Kier alpha value is -0.990. The molecule has 0 amide bonds. The van der Waals surface area contributed by atoms with E-state index in [-0.39, 0.29) is 9.92 Å². The number of nitrogens with two attached hydrogens (primary N) is 1. The number of hydrogen-bond donors (Lipinski definition) is 2. The highest BCUT2D eigenvalue weighted by molar-refractivity contribution is 14.1. The minimum Gasteiger partial charge on any atom is -0.398 e. The lowest BCUT2D eigenvalue weighted by Gasteiger charge is -2.11. The Balaban J connectivity index is 2.43. The van der Waals surface area contributed by atoms with Gasteiger partial charge in [-0.3, -0.25) is 4.72 Å². The second-order valence-electron chi connectivity index (χ2n) is 4.26. The SMILES string of the molecule is Cc1cc(Cl)c(S(=O)(=O)Nc2cccc(I)c2)cc1N. The normalized spacial score (nSPS) is 11.3. The average Bonchev–Trinajstić information content (AvgIpc) is 2.33. The second kappa shape index (κ2) is 5.79. The summed E-state index contributed by atoms with van der Waals surface area (Å²) in [7, 11) is -3.77. The van der Waals surface area contributed by atoms with Crippen LogP contribution in [0, 0.1) is 10.5 Å². The van der Waals surface area contributed by atoms with Crippen LogP contribution in [0.25, 0.3) is 0 Å². The van der Waals surface area contributed by atoms with Crippen molar-refractivity contribution in [3.8, 4) is 0 Å². The van der Waals surface area contributed by atoms with Gasteiger partial charge in [0.25, 0.3) is 10.0 Å². The largest absolute Gasteiger partial charge is 0.398 e. The Labute approximate surface area is 136 Å². The van der Waals surface area contributed by atoms with Crippen LogP contribution >= 0.6 is 34.2 Å². The third-order valence-electron chi connectivity index (χ3n) is 2.69. The fourth-order valence-corrected chi connectivity index (χ4v) is 3.85. The van der Waals surface area contributed by atoms with E-state index in [0.29, 0.717) is 11.4 Å². The van der Waals surface area contributed by atoms with Crippen molar-refractivity contribution in [3.63, 3.8) is 0 Å². The van der Waals surface area contributed by atoms with Crippen molar-refractivity contribution in [1.29, 1.82) is 0 Å². The molecule has 0 heterocycles. The van der Waals surface area contributed by atoms with Gasteiger partial charge in [-0.15, -0.1) is 0 Å². The molecule has 0 bridgehead atoms. The predicted octanol–water partition coefficient (Wildman–Crippen LogP) is 3.64. The highest BCUT2D eigenvalue weighted by atomic mass is 127. The van der Waals surface area contributed by atoms with E-state index in [1.54, 1.807) is 31.2 Å². The summed E-state index contributed by atoms with van der Waals surface area (Å²) < 4.78 is 28.1. The van der Waals surface area contributed by atoms with Gasteiger partial charge in [0, 0.05) is 14.9 Å². The standard InChI is InChI=1S/C13H12ClIN2O2S/c1-8-5-11(14)13(7-12(8)16)20(18,19)17-10-4-2-3-9(15)6-10/h2-7,17H,16H2,1H3. The van der Waals surface area contributed by atoms with Gasteiger partial charge < -0.3 is 5.73 Å². The van der Waals surface area contributed by atoms with Crippen molar-refractivity contribution in [2.45, 2.75) is 11.8 Å². The molecule has 2 aromatic carbocycles. The van der Waals surface area contributed by atoms with Gasteiger partial charge in [0.15, 0.2) is 0 Å². The van der Waals surface area contributed by atoms with Crippen LogP contribution in [-0.2, 0) is 10.0 Å². The first kappa shape index (κ1) is 15.4. The lowest BCUT2D eigenvalue weighted by atomic mass is 10.2. The molecular weight excluding hydrogens is 411 g/mol. The number of sulfonamides is 1. The maximum atomic E-state index is 12.3. The molecule has 7 heteroatoms. The Morgan fingerprint density at radius 2 is 1.95 bits per heavy atom. The van der Waals surface area contributed by atoms with E-state index in [2.05, 4.69) is 27.3 Å². The fourth-order valence-electron chi connectivity index (χ4n) is 1.64. The molecule has 20 heavy (non-hydrogen) atoms. The predicted molar refractivity (Wildman–Crippen MR) is 90.6 cm³/mol. The molecule has 0 unspecified atom stereocenters. The summed E-state index contributed by atoms with van der Waals surface area (Å²) in [4.78, 5) is -0.0267. The summed E-state index contributed by atoms with van der Waals surface area (Å²) >= 11 is 8.11. The van der Waals surface area contributed by atoms with E-state index in [9.17, 15) is 8.42 Å². The zero-order valence-corrected chi connectivity index (χ0v) is 14.3. The van der Waals surface area contributed by atoms with Crippen LogP contribution in [0.5, 0.6) is 0 Å². The molecule has 3 N–H and O–H groups in total. The molecule has 2 rings (SSSR count). The molecule has 4 nitrogen and oxygen atoms in total. The minimum atomic E-state index is -3.77. The lowest BCUT2D eigenvalue weighted by Crippen LogP contribution is -2.14. The number of rotatable bonds is 3. The van der Waals surface area contributed by atoms with Crippen molar-refractivity contribution < 1.29 is 8.42 Å². The van der Waals surface area contributed by atoms with Crippen LogP contribution in [0.1, 0.15) is 5.56 Å². The van der Waals surface area contributed by atoms with Crippen molar-refractivity contribution in [1.82, 2.24) is 0 Å². The molecule has 0 saturated carbocycles. The zero-order valence-electron chi connectivity index (χ0n) is 10.5. The van der Waals surface area contributed by atoms with E-state index >= 15 is 0 Å². The Morgan fingerprint density at radius 3 is 2.60 bits per heavy atom. The smallest absolute Gasteiger partial charge is 0.263 e. The first-order chi connectivity index (χ1) is 9.29. The lowest BCUT2D eigenvalue weighted by molar-refractivity contribution is 0.601. The van der Waals surface area contributed by atoms with Crippen LogP contribution in [-0.4, -0.2) is 8.42 Å². The topological polar surface area (TPSA) is 72.2 Å². The zero-order chi connectivity index (χ0) is 14.9. The van der Waals surface area contributed by atoms with Crippen LogP contribution in [0.15, 0.2) is 41.3 Å². The van der Waals surface area contributed by atoms with Crippen LogP contribution in [0.2, 0.25) is 5.02 Å². The van der Waals surface area contributed by atoms with Gasteiger partial charge in [-0.05, 0) is 65.4 Å². The van der Waals surface area contributed by atoms with Crippen molar-refractivity contribution in [2.75, 3.05) is 10.5 Å². The number of aryl methyl sites for hydroxylation is 1. The number of halogens is 2. The monoisotopic (exact) mass is 422 g/mol. The molecular formula is C13H12ClIN2O2S. The van der Waals surface area contributed by atoms with E-state index in [1.165, 1.54) is 6.07 Å². The van der Waals surface area contributed by atoms with E-state index in [0.717, 1.165) is 9.13 Å². The second-order valence-corrected chi connectivity index (χ2v) is 7.56. The van der Waals surface area contributed by atoms with E-state index in [4.69, 9.17) is 17.3 Å². The van der Waals surface area contributed by atoms with E-state index < -0.39 is 10.0 Å². The molecule has 0 saturated heterocycles. The van der Waals surface area contributed by atoms with Gasteiger partial charge in [-0.2, -0.15) is 0 Å². The van der Waals surface area contributed by atoms with Gasteiger partial charge in [0.05, 0.1) is 5.02 Å². The van der Waals surface area contributed by atoms with Gasteiger partial charge in [0.1, 0.15) is 4.90 Å². The maximum Gasteiger partial charge on any atom is 0.263 e. The third kappa shape index (κ3) is 3.36. The molecule has 106 valence electrons. The summed E-state index contributed by atoms with van der Waals surface area (Å²) in [5, 5.41) is 0.148. The Kier molecular flexibility index (Phi) is 4.46. The van der Waals surface area contributed by atoms with Crippen molar-refractivity contribution in [2.24, 2.45) is 0 Å². The van der Waals surface area contributed by atoms with E-state index in [1.807, 2.05) is 6.07 Å². The summed E-state index contributed by atoms with van der Waals surface area (Å²) in [6.07, 6.45) is 0. The van der Waals surface area contributed by atoms with Gasteiger partial charge >= 0.3 is 0 Å². The first-order valence-electron chi connectivity index (χ1n) is 5.63. The fraction of sp³-hybridized carbons (Fsp3) is 0.0769. The van der Waals surface area contributed by atoms with Crippen molar-refractivity contribution in [3.05, 3.63) is 50.6 Å². The number of hydrogen-bond acceptors (Lipinski definition) is 3. The average molecular weight is 423 g/mol. The number of benzene rings is 2. The highest BCUT2D eigenvalue weighted by Crippen LogP contribution is 2.28. The number of nitrogens with one attached hydrogen (secondary N) is 1. The van der Waals surface area contributed by atoms with Gasteiger partial charge in [0.2, 0.25) is 0 Å².